The monoisotopic (exact) mass is 198 g/mol. The first-order valence-electron chi connectivity index (χ1n) is 4.54. The third-order valence-electron chi connectivity index (χ3n) is 1.89. The Hall–Kier alpha value is -1.36. The molecule has 5 nitrogen and oxygen atoms in total. The summed E-state index contributed by atoms with van der Waals surface area (Å²) in [4.78, 5) is 11.5. The zero-order valence-electron chi connectivity index (χ0n) is 8.33. The van der Waals surface area contributed by atoms with Crippen LogP contribution in [0, 0.1) is 6.92 Å². The number of aliphatic hydroxyl groups is 1. The van der Waals surface area contributed by atoms with Crippen LogP contribution < -0.4 is 5.32 Å². The van der Waals surface area contributed by atoms with Gasteiger partial charge in [0.2, 0.25) is 0 Å². The van der Waals surface area contributed by atoms with Gasteiger partial charge in [0, 0.05) is 6.54 Å². The molecule has 0 radical (unpaired) electrons. The summed E-state index contributed by atoms with van der Waals surface area (Å²) < 4.78 is 4.91. The van der Waals surface area contributed by atoms with Gasteiger partial charge in [-0.1, -0.05) is 12.1 Å². The number of aliphatic hydroxyl groups excluding tert-OH is 1. The Balaban J connectivity index is 2.82. The molecular weight excluding hydrogens is 184 g/mol. The van der Waals surface area contributed by atoms with Crippen LogP contribution in [0.15, 0.2) is 4.52 Å². The SMILES string of the molecule is CCc1noc(C)c1C(=O)NCCO. The number of aromatic nitrogens is 1. The molecule has 1 heterocycles. The number of hydrogen-bond acceptors (Lipinski definition) is 4. The average molecular weight is 198 g/mol. The van der Waals surface area contributed by atoms with Crippen LogP contribution in [0.5, 0.6) is 0 Å². The lowest BCUT2D eigenvalue weighted by atomic mass is 10.1. The van der Waals surface area contributed by atoms with Crippen molar-refractivity contribution >= 4 is 5.91 Å². The van der Waals surface area contributed by atoms with Gasteiger partial charge in [0.15, 0.2) is 0 Å². The Kier molecular flexibility index (Phi) is 3.64. The van der Waals surface area contributed by atoms with Crippen molar-refractivity contribution in [1.29, 1.82) is 0 Å². The lowest BCUT2D eigenvalue weighted by Crippen LogP contribution is -2.27. The Bertz CT molecular complexity index is 320. The number of amides is 1. The number of hydrogen-bond donors (Lipinski definition) is 2. The molecule has 1 aromatic rings. The van der Waals surface area contributed by atoms with Crippen LogP contribution in [0.2, 0.25) is 0 Å². The normalized spacial score (nSPS) is 10.2. The predicted octanol–water partition coefficient (Wildman–Crippen LogP) is 0.268. The number of rotatable bonds is 4. The van der Waals surface area contributed by atoms with Crippen molar-refractivity contribution in [1.82, 2.24) is 10.5 Å². The van der Waals surface area contributed by atoms with E-state index in [4.69, 9.17) is 9.63 Å². The lowest BCUT2D eigenvalue weighted by Gasteiger charge is -2.01. The summed E-state index contributed by atoms with van der Waals surface area (Å²) in [6.45, 7) is 3.77. The van der Waals surface area contributed by atoms with E-state index in [2.05, 4.69) is 10.5 Å². The minimum absolute atomic E-state index is 0.0719. The first kappa shape index (κ1) is 10.7. The predicted molar refractivity (Wildman–Crippen MR) is 50.0 cm³/mol. The van der Waals surface area contributed by atoms with Gasteiger partial charge in [0.05, 0.1) is 12.3 Å². The van der Waals surface area contributed by atoms with Gasteiger partial charge in [-0.25, -0.2) is 0 Å². The number of nitrogens with one attached hydrogen (secondary N) is 1. The van der Waals surface area contributed by atoms with Crippen molar-refractivity contribution < 1.29 is 14.4 Å². The molecule has 0 aliphatic rings. The second-order valence-electron chi connectivity index (χ2n) is 2.89. The summed E-state index contributed by atoms with van der Waals surface area (Å²) in [5.74, 6) is 0.270. The van der Waals surface area contributed by atoms with Crippen molar-refractivity contribution in [3.05, 3.63) is 17.0 Å². The molecule has 1 amide bonds. The number of nitrogens with zero attached hydrogens (tertiary/aromatic N) is 1. The van der Waals surface area contributed by atoms with E-state index in [-0.39, 0.29) is 19.1 Å². The van der Waals surface area contributed by atoms with E-state index in [0.29, 0.717) is 23.4 Å². The third-order valence-corrected chi connectivity index (χ3v) is 1.89. The van der Waals surface area contributed by atoms with E-state index in [0.717, 1.165) is 0 Å². The molecule has 5 heteroatoms. The molecule has 0 unspecified atom stereocenters. The van der Waals surface area contributed by atoms with Gasteiger partial charge < -0.3 is 14.9 Å². The lowest BCUT2D eigenvalue weighted by molar-refractivity contribution is 0.0942. The van der Waals surface area contributed by atoms with Gasteiger partial charge in [0.25, 0.3) is 5.91 Å². The van der Waals surface area contributed by atoms with Crippen LogP contribution in [-0.2, 0) is 6.42 Å². The highest BCUT2D eigenvalue weighted by Gasteiger charge is 2.18. The second kappa shape index (κ2) is 4.76. The molecule has 1 rings (SSSR count). The Morgan fingerprint density at radius 1 is 1.64 bits per heavy atom. The summed E-state index contributed by atoms with van der Waals surface area (Å²) in [5, 5.41) is 14.9. The van der Waals surface area contributed by atoms with E-state index in [1.807, 2.05) is 6.92 Å². The molecular formula is C9H14N2O3. The fourth-order valence-electron chi connectivity index (χ4n) is 1.21. The Morgan fingerprint density at radius 3 is 2.93 bits per heavy atom. The minimum Gasteiger partial charge on any atom is -0.395 e. The Morgan fingerprint density at radius 2 is 2.36 bits per heavy atom. The molecule has 2 N–H and O–H groups in total. The smallest absolute Gasteiger partial charge is 0.256 e. The molecule has 78 valence electrons. The highest BCUT2D eigenvalue weighted by molar-refractivity contribution is 5.96. The summed E-state index contributed by atoms with van der Waals surface area (Å²) in [7, 11) is 0. The summed E-state index contributed by atoms with van der Waals surface area (Å²) in [6.07, 6.45) is 0.652. The molecule has 0 atom stereocenters. The highest BCUT2D eigenvalue weighted by Crippen LogP contribution is 2.13. The number of carbonyl (C=O) groups is 1. The van der Waals surface area contributed by atoms with Crippen LogP contribution in [0.25, 0.3) is 0 Å². The standard InChI is InChI=1S/C9H14N2O3/c1-3-7-8(6(2)14-11-7)9(13)10-4-5-12/h12H,3-5H2,1-2H3,(H,10,13). The van der Waals surface area contributed by atoms with Crippen LogP contribution in [0.4, 0.5) is 0 Å². The first-order valence-corrected chi connectivity index (χ1v) is 4.54. The van der Waals surface area contributed by atoms with E-state index in [1.165, 1.54) is 0 Å². The maximum Gasteiger partial charge on any atom is 0.256 e. The zero-order chi connectivity index (χ0) is 10.6. The van der Waals surface area contributed by atoms with Crippen LogP contribution in [0.3, 0.4) is 0 Å². The van der Waals surface area contributed by atoms with E-state index < -0.39 is 0 Å². The van der Waals surface area contributed by atoms with Gasteiger partial charge >= 0.3 is 0 Å². The number of carbonyl (C=O) groups excluding carboxylic acids is 1. The molecule has 1 aromatic heterocycles. The number of aryl methyl sites for hydroxylation is 2. The maximum absolute atomic E-state index is 11.5. The van der Waals surface area contributed by atoms with Crippen molar-refractivity contribution in [3.8, 4) is 0 Å². The molecule has 0 spiro atoms. The Labute approximate surface area is 82.1 Å². The van der Waals surface area contributed by atoms with Crippen molar-refractivity contribution in [2.24, 2.45) is 0 Å². The fraction of sp³-hybridized carbons (Fsp3) is 0.556. The second-order valence-corrected chi connectivity index (χ2v) is 2.89. The molecule has 14 heavy (non-hydrogen) atoms. The minimum atomic E-state index is -0.241. The molecule has 0 fully saturated rings. The topological polar surface area (TPSA) is 75.4 Å². The molecule has 0 bridgehead atoms. The average Bonchev–Trinajstić information content (AvgIpc) is 2.56. The van der Waals surface area contributed by atoms with Gasteiger partial charge in [0.1, 0.15) is 11.3 Å². The quantitative estimate of drug-likeness (QED) is 0.728. The first-order chi connectivity index (χ1) is 6.70. The van der Waals surface area contributed by atoms with Crippen LogP contribution in [-0.4, -0.2) is 29.3 Å². The van der Waals surface area contributed by atoms with Crippen molar-refractivity contribution in [3.63, 3.8) is 0 Å². The molecule has 0 saturated carbocycles. The third kappa shape index (κ3) is 2.11. The van der Waals surface area contributed by atoms with Crippen LogP contribution >= 0.6 is 0 Å². The highest BCUT2D eigenvalue weighted by atomic mass is 16.5. The molecule has 0 saturated heterocycles. The van der Waals surface area contributed by atoms with E-state index >= 15 is 0 Å². The van der Waals surface area contributed by atoms with Gasteiger partial charge in [-0.3, -0.25) is 4.79 Å². The van der Waals surface area contributed by atoms with Crippen molar-refractivity contribution in [2.75, 3.05) is 13.2 Å². The maximum atomic E-state index is 11.5. The van der Waals surface area contributed by atoms with Gasteiger partial charge in [-0.15, -0.1) is 0 Å². The largest absolute Gasteiger partial charge is 0.395 e. The molecule has 0 aliphatic heterocycles. The van der Waals surface area contributed by atoms with E-state index in [9.17, 15) is 4.79 Å². The summed E-state index contributed by atoms with van der Waals surface area (Å²) in [6, 6.07) is 0. The molecule has 0 aliphatic carbocycles. The van der Waals surface area contributed by atoms with Crippen LogP contribution in [0.1, 0.15) is 28.7 Å². The fourth-order valence-corrected chi connectivity index (χ4v) is 1.21. The van der Waals surface area contributed by atoms with Gasteiger partial charge in [-0.2, -0.15) is 0 Å². The van der Waals surface area contributed by atoms with E-state index in [1.54, 1.807) is 6.92 Å². The summed E-state index contributed by atoms with van der Waals surface area (Å²) >= 11 is 0. The van der Waals surface area contributed by atoms with Gasteiger partial charge in [-0.05, 0) is 13.3 Å². The van der Waals surface area contributed by atoms with Crippen molar-refractivity contribution in [2.45, 2.75) is 20.3 Å². The zero-order valence-corrected chi connectivity index (χ0v) is 8.33. The molecule has 0 aromatic carbocycles. The summed E-state index contributed by atoms with van der Waals surface area (Å²) in [5.41, 5.74) is 1.14.